The highest BCUT2D eigenvalue weighted by molar-refractivity contribution is 7.88. The molecular formula is C13H10O4P+. The first-order valence-electron chi connectivity index (χ1n) is 5.37. The Balaban J connectivity index is 2.33. The Labute approximate surface area is 104 Å². The molecule has 4 nitrogen and oxygen atoms in total. The summed E-state index contributed by atoms with van der Waals surface area (Å²) in [6.07, 6.45) is 0. The van der Waals surface area contributed by atoms with Gasteiger partial charge in [0, 0.05) is 11.1 Å². The van der Waals surface area contributed by atoms with E-state index in [4.69, 9.17) is 4.52 Å². The molecule has 1 atom stereocenters. The fourth-order valence-electron chi connectivity index (χ4n) is 2.07. The topological polar surface area (TPSA) is 66.8 Å². The number of para-hydroxylation sites is 1. The van der Waals surface area contributed by atoms with E-state index in [1.54, 1.807) is 30.3 Å². The number of hydrogen-bond acceptors (Lipinski definition) is 3. The lowest BCUT2D eigenvalue weighted by Gasteiger charge is -2.23. The highest BCUT2D eigenvalue weighted by Gasteiger charge is 2.57. The summed E-state index contributed by atoms with van der Waals surface area (Å²) >= 11 is 0. The van der Waals surface area contributed by atoms with Crippen LogP contribution in [0.3, 0.4) is 0 Å². The summed E-state index contributed by atoms with van der Waals surface area (Å²) in [5.41, 5.74) is 0.209. The number of carbonyl (C=O) groups is 1. The van der Waals surface area contributed by atoms with Gasteiger partial charge in [-0.25, -0.2) is 0 Å². The van der Waals surface area contributed by atoms with Crippen molar-refractivity contribution < 1.29 is 19.3 Å². The van der Waals surface area contributed by atoms with Crippen LogP contribution in [-0.4, -0.2) is 15.7 Å². The summed E-state index contributed by atoms with van der Waals surface area (Å²) in [6.45, 7) is 0. The molecule has 0 saturated heterocycles. The smallest absolute Gasteiger partial charge is 0.447 e. The molecule has 0 fully saturated rings. The summed E-state index contributed by atoms with van der Waals surface area (Å²) in [4.78, 5) is 21.7. The van der Waals surface area contributed by atoms with E-state index < -0.39 is 13.4 Å². The third-order valence-corrected chi connectivity index (χ3v) is 4.92. The summed E-state index contributed by atoms with van der Waals surface area (Å²) in [5.74, 6) is 0.412. The highest BCUT2D eigenvalue weighted by atomic mass is 31.2. The van der Waals surface area contributed by atoms with E-state index in [2.05, 4.69) is 0 Å². The number of hydrogen-bond donors (Lipinski definition) is 2. The molecule has 0 aromatic heterocycles. The summed E-state index contributed by atoms with van der Waals surface area (Å²) in [6, 6.07) is 14.0. The molecule has 0 saturated carbocycles. The Morgan fingerprint density at radius 2 is 1.61 bits per heavy atom. The lowest BCUT2D eigenvalue weighted by molar-refractivity contribution is 0.214. The quantitative estimate of drug-likeness (QED) is 0.774. The normalized spacial score (nSPS) is 20.5. The number of rotatable bonds is 1. The molecule has 1 aliphatic heterocycles. The van der Waals surface area contributed by atoms with E-state index in [1.165, 1.54) is 0 Å². The van der Waals surface area contributed by atoms with E-state index in [0.717, 1.165) is 11.1 Å². The van der Waals surface area contributed by atoms with Crippen molar-refractivity contribution >= 4 is 18.7 Å². The largest absolute Gasteiger partial charge is 0.524 e. The van der Waals surface area contributed by atoms with Gasteiger partial charge in [0.2, 0.25) is 0 Å². The first-order valence-corrected chi connectivity index (χ1v) is 7.03. The molecule has 90 valence electrons. The first kappa shape index (κ1) is 11.2. The van der Waals surface area contributed by atoms with Crippen LogP contribution in [0.4, 0.5) is 4.79 Å². The Hall–Kier alpha value is -1.90. The molecule has 0 bridgehead atoms. The average Bonchev–Trinajstić information content (AvgIpc) is 2.39. The maximum Gasteiger partial charge on any atom is 0.524 e. The van der Waals surface area contributed by atoms with Crippen molar-refractivity contribution in [3.05, 3.63) is 48.5 Å². The van der Waals surface area contributed by atoms with Crippen LogP contribution >= 0.6 is 7.72 Å². The highest BCUT2D eigenvalue weighted by Crippen LogP contribution is 2.60. The van der Waals surface area contributed by atoms with Crippen molar-refractivity contribution in [2.75, 3.05) is 0 Å². The maximum absolute atomic E-state index is 11.3. The number of fused-ring (bicyclic) bond motifs is 3. The standard InChI is InChI=1S/C13H9O4P/c14-13(15)18(16)12-8-4-2-6-10(12)9-5-1-3-7-11(9)17-18/h1-8,16H/p+1. The van der Waals surface area contributed by atoms with Crippen LogP contribution in [0.2, 0.25) is 0 Å². The molecule has 0 radical (unpaired) electrons. The van der Waals surface area contributed by atoms with E-state index in [9.17, 15) is 14.8 Å². The van der Waals surface area contributed by atoms with Gasteiger partial charge in [-0.3, -0.25) is 0 Å². The van der Waals surface area contributed by atoms with Crippen LogP contribution < -0.4 is 9.83 Å². The third-order valence-electron chi connectivity index (χ3n) is 2.90. The van der Waals surface area contributed by atoms with Gasteiger partial charge in [-0.2, -0.15) is 9.69 Å². The first-order chi connectivity index (χ1) is 8.63. The molecular weight excluding hydrogens is 251 g/mol. The summed E-state index contributed by atoms with van der Waals surface area (Å²) < 4.78 is 5.37. The van der Waals surface area contributed by atoms with E-state index in [-0.39, 0.29) is 0 Å². The van der Waals surface area contributed by atoms with Crippen molar-refractivity contribution in [2.24, 2.45) is 0 Å². The fourth-order valence-corrected chi connectivity index (χ4v) is 3.70. The van der Waals surface area contributed by atoms with Crippen molar-refractivity contribution in [2.45, 2.75) is 0 Å². The molecule has 1 unspecified atom stereocenters. The minimum absolute atomic E-state index is 0.358. The van der Waals surface area contributed by atoms with Crippen LogP contribution in [0.1, 0.15) is 0 Å². The fraction of sp³-hybridized carbons (Fsp3) is 0. The van der Waals surface area contributed by atoms with Crippen LogP contribution in [0.5, 0.6) is 5.75 Å². The Morgan fingerprint density at radius 1 is 1.00 bits per heavy atom. The van der Waals surface area contributed by atoms with Gasteiger partial charge in [-0.05, 0) is 12.1 Å². The van der Waals surface area contributed by atoms with Crippen molar-refractivity contribution in [1.82, 2.24) is 0 Å². The lowest BCUT2D eigenvalue weighted by atomic mass is 10.0. The molecule has 0 aliphatic carbocycles. The molecule has 0 amide bonds. The Bertz CT molecular complexity index is 640. The second-order valence-corrected chi connectivity index (χ2v) is 6.16. The van der Waals surface area contributed by atoms with E-state index in [0.29, 0.717) is 11.1 Å². The molecule has 2 aromatic rings. The minimum atomic E-state index is -3.64. The van der Waals surface area contributed by atoms with Gasteiger partial charge in [0.15, 0.2) is 11.1 Å². The van der Waals surface area contributed by atoms with Crippen molar-refractivity contribution in [1.29, 1.82) is 0 Å². The zero-order valence-corrected chi connectivity index (χ0v) is 10.2. The summed E-state index contributed by atoms with van der Waals surface area (Å²) in [7, 11) is -3.64. The van der Waals surface area contributed by atoms with Gasteiger partial charge >= 0.3 is 13.4 Å². The SMILES string of the molecule is O=C(O)[P+]1(O)Oc2ccccc2-c2ccccc21. The molecule has 1 aliphatic rings. The van der Waals surface area contributed by atoms with Crippen LogP contribution in [0, 0.1) is 0 Å². The molecule has 3 rings (SSSR count). The van der Waals surface area contributed by atoms with Gasteiger partial charge < -0.3 is 9.63 Å². The molecule has 18 heavy (non-hydrogen) atoms. The molecule has 2 N–H and O–H groups in total. The van der Waals surface area contributed by atoms with Crippen molar-refractivity contribution in [3.63, 3.8) is 0 Å². The van der Waals surface area contributed by atoms with Gasteiger partial charge in [0.1, 0.15) is 0 Å². The van der Waals surface area contributed by atoms with E-state index >= 15 is 0 Å². The minimum Gasteiger partial charge on any atom is -0.447 e. The molecule has 1 heterocycles. The predicted molar refractivity (Wildman–Crippen MR) is 69.3 cm³/mol. The van der Waals surface area contributed by atoms with Crippen LogP contribution in [0.15, 0.2) is 48.5 Å². The van der Waals surface area contributed by atoms with Gasteiger partial charge in [0.25, 0.3) is 0 Å². The molecule has 0 spiro atoms. The Kier molecular flexibility index (Phi) is 2.37. The third kappa shape index (κ3) is 1.43. The monoisotopic (exact) mass is 261 g/mol. The van der Waals surface area contributed by atoms with Crippen LogP contribution in [-0.2, 0) is 0 Å². The zero-order valence-electron chi connectivity index (χ0n) is 9.28. The van der Waals surface area contributed by atoms with Gasteiger partial charge in [0.05, 0.1) is 0 Å². The average molecular weight is 261 g/mol. The molecule has 2 aromatic carbocycles. The second-order valence-electron chi connectivity index (χ2n) is 3.96. The predicted octanol–water partition coefficient (Wildman–Crippen LogP) is 2.89. The summed E-state index contributed by atoms with van der Waals surface area (Å²) in [5, 5.41) is 9.60. The maximum atomic E-state index is 11.3. The Morgan fingerprint density at radius 3 is 2.33 bits per heavy atom. The zero-order chi connectivity index (χ0) is 12.8. The second kappa shape index (κ2) is 3.80. The van der Waals surface area contributed by atoms with Crippen LogP contribution in [0.25, 0.3) is 11.1 Å². The lowest BCUT2D eigenvalue weighted by Crippen LogP contribution is -2.27. The number of carboxylic acid groups (broad SMARTS) is 1. The van der Waals surface area contributed by atoms with E-state index in [1.807, 2.05) is 18.2 Å². The van der Waals surface area contributed by atoms with Gasteiger partial charge in [-0.15, -0.1) is 0 Å². The van der Waals surface area contributed by atoms with Gasteiger partial charge in [-0.1, -0.05) is 36.4 Å². The van der Waals surface area contributed by atoms with Crippen molar-refractivity contribution in [3.8, 4) is 16.9 Å². The number of benzene rings is 2. The molecule has 5 heteroatoms.